The first kappa shape index (κ1) is 10.8. The van der Waals surface area contributed by atoms with Gasteiger partial charge < -0.3 is 10.6 Å². The van der Waals surface area contributed by atoms with E-state index in [0.29, 0.717) is 5.02 Å². The second-order valence-corrected chi connectivity index (χ2v) is 3.16. The maximum absolute atomic E-state index is 10.9. The summed E-state index contributed by atoms with van der Waals surface area (Å²) in [6.07, 6.45) is 1.65. The minimum atomic E-state index is -0.0875. The molecule has 1 aromatic rings. The van der Waals surface area contributed by atoms with Crippen molar-refractivity contribution in [3.63, 3.8) is 0 Å². The SMILES string of the molecule is CNC(=O)CNc1ccnc(C)c1Cl. The molecule has 0 spiro atoms. The Balaban J connectivity index is 2.68. The van der Waals surface area contributed by atoms with Crippen LogP contribution in [0.2, 0.25) is 5.02 Å². The summed E-state index contributed by atoms with van der Waals surface area (Å²) in [4.78, 5) is 15.0. The zero-order valence-corrected chi connectivity index (χ0v) is 8.85. The zero-order chi connectivity index (χ0) is 10.6. The van der Waals surface area contributed by atoms with Gasteiger partial charge in [0, 0.05) is 13.2 Å². The molecule has 2 N–H and O–H groups in total. The number of nitrogens with zero attached hydrogens (tertiary/aromatic N) is 1. The summed E-state index contributed by atoms with van der Waals surface area (Å²) >= 11 is 5.96. The highest BCUT2D eigenvalue weighted by molar-refractivity contribution is 6.33. The number of nitrogens with one attached hydrogen (secondary N) is 2. The van der Waals surface area contributed by atoms with Gasteiger partial charge >= 0.3 is 0 Å². The standard InChI is InChI=1S/C9H12ClN3O/c1-6-9(10)7(3-4-12-6)13-5-8(14)11-2/h3-4H,5H2,1-2H3,(H,11,14)(H,12,13). The van der Waals surface area contributed by atoms with E-state index >= 15 is 0 Å². The minimum absolute atomic E-state index is 0.0875. The fourth-order valence-electron chi connectivity index (χ4n) is 0.949. The van der Waals surface area contributed by atoms with Gasteiger partial charge in [-0.1, -0.05) is 11.6 Å². The lowest BCUT2D eigenvalue weighted by Gasteiger charge is -2.08. The van der Waals surface area contributed by atoms with Crippen LogP contribution in [0.1, 0.15) is 5.69 Å². The van der Waals surface area contributed by atoms with Gasteiger partial charge in [0.25, 0.3) is 0 Å². The molecule has 0 atom stereocenters. The van der Waals surface area contributed by atoms with E-state index in [4.69, 9.17) is 11.6 Å². The summed E-state index contributed by atoms with van der Waals surface area (Å²) in [5, 5.41) is 5.98. The molecule has 76 valence electrons. The summed E-state index contributed by atoms with van der Waals surface area (Å²) in [6, 6.07) is 1.73. The van der Waals surface area contributed by atoms with Gasteiger partial charge in [-0.15, -0.1) is 0 Å². The molecule has 1 amide bonds. The Morgan fingerprint density at radius 1 is 1.64 bits per heavy atom. The van der Waals surface area contributed by atoms with E-state index in [-0.39, 0.29) is 12.5 Å². The van der Waals surface area contributed by atoms with Crippen LogP contribution in [0, 0.1) is 6.92 Å². The van der Waals surface area contributed by atoms with Crippen molar-refractivity contribution < 1.29 is 4.79 Å². The molecule has 0 aliphatic carbocycles. The fraction of sp³-hybridized carbons (Fsp3) is 0.333. The third-order valence-corrected chi connectivity index (χ3v) is 2.26. The fourth-order valence-corrected chi connectivity index (χ4v) is 1.13. The first-order chi connectivity index (χ1) is 6.65. The molecule has 0 aliphatic rings. The number of anilines is 1. The Bertz CT molecular complexity index is 341. The zero-order valence-electron chi connectivity index (χ0n) is 8.10. The Labute approximate surface area is 87.7 Å². The molecular formula is C9H12ClN3O. The van der Waals surface area contributed by atoms with Gasteiger partial charge in [0.05, 0.1) is 22.9 Å². The average molecular weight is 214 g/mol. The van der Waals surface area contributed by atoms with Crippen molar-refractivity contribution in [2.45, 2.75) is 6.92 Å². The lowest BCUT2D eigenvalue weighted by molar-refractivity contribution is -0.118. The van der Waals surface area contributed by atoms with Crippen LogP contribution in [0.25, 0.3) is 0 Å². The normalized spacial score (nSPS) is 9.64. The molecule has 1 rings (SSSR count). The number of pyridine rings is 1. The van der Waals surface area contributed by atoms with E-state index in [1.807, 2.05) is 6.92 Å². The summed E-state index contributed by atoms with van der Waals surface area (Å²) in [7, 11) is 1.59. The Hall–Kier alpha value is -1.29. The number of aromatic nitrogens is 1. The predicted octanol–water partition coefficient (Wildman–Crippen LogP) is 1.20. The number of hydrogen-bond donors (Lipinski definition) is 2. The minimum Gasteiger partial charge on any atom is -0.375 e. The van der Waals surface area contributed by atoms with Gasteiger partial charge in [-0.05, 0) is 13.0 Å². The van der Waals surface area contributed by atoms with Crippen molar-refractivity contribution in [1.82, 2.24) is 10.3 Å². The molecule has 5 heteroatoms. The number of carbonyl (C=O) groups excluding carboxylic acids is 1. The largest absolute Gasteiger partial charge is 0.375 e. The van der Waals surface area contributed by atoms with E-state index < -0.39 is 0 Å². The summed E-state index contributed by atoms with van der Waals surface area (Å²) in [5.41, 5.74) is 1.47. The number of amides is 1. The molecule has 0 saturated heterocycles. The molecule has 14 heavy (non-hydrogen) atoms. The number of carbonyl (C=O) groups is 1. The molecule has 0 bridgehead atoms. The molecule has 0 radical (unpaired) electrons. The number of likely N-dealkylation sites (N-methyl/N-ethyl adjacent to an activating group) is 1. The lowest BCUT2D eigenvalue weighted by Crippen LogP contribution is -2.26. The van der Waals surface area contributed by atoms with Crippen LogP contribution >= 0.6 is 11.6 Å². The van der Waals surface area contributed by atoms with Gasteiger partial charge in [-0.3, -0.25) is 9.78 Å². The highest BCUT2D eigenvalue weighted by atomic mass is 35.5. The van der Waals surface area contributed by atoms with Gasteiger partial charge in [0.2, 0.25) is 5.91 Å². The predicted molar refractivity (Wildman–Crippen MR) is 56.5 cm³/mol. The molecular weight excluding hydrogens is 202 g/mol. The highest BCUT2D eigenvalue weighted by Gasteiger charge is 2.04. The van der Waals surface area contributed by atoms with Gasteiger partial charge in [-0.25, -0.2) is 0 Å². The third kappa shape index (κ3) is 2.60. The van der Waals surface area contributed by atoms with Crippen molar-refractivity contribution in [3.05, 3.63) is 23.0 Å². The van der Waals surface area contributed by atoms with Crippen LogP contribution in [0.4, 0.5) is 5.69 Å². The molecule has 1 aromatic heterocycles. The monoisotopic (exact) mass is 213 g/mol. The quantitative estimate of drug-likeness (QED) is 0.794. The van der Waals surface area contributed by atoms with Crippen LogP contribution < -0.4 is 10.6 Å². The number of halogens is 1. The van der Waals surface area contributed by atoms with Crippen molar-refractivity contribution in [2.75, 3.05) is 18.9 Å². The number of rotatable bonds is 3. The van der Waals surface area contributed by atoms with Crippen LogP contribution in [0.15, 0.2) is 12.3 Å². The second-order valence-electron chi connectivity index (χ2n) is 2.78. The van der Waals surface area contributed by atoms with E-state index in [2.05, 4.69) is 15.6 Å². The van der Waals surface area contributed by atoms with E-state index in [1.54, 1.807) is 19.3 Å². The topological polar surface area (TPSA) is 54.0 Å². The molecule has 1 heterocycles. The molecule has 4 nitrogen and oxygen atoms in total. The van der Waals surface area contributed by atoms with Crippen LogP contribution in [-0.2, 0) is 4.79 Å². The molecule has 0 fully saturated rings. The van der Waals surface area contributed by atoms with Crippen LogP contribution in [-0.4, -0.2) is 24.5 Å². The summed E-state index contributed by atoms with van der Waals surface area (Å²) in [6.45, 7) is 2.02. The summed E-state index contributed by atoms with van der Waals surface area (Å²) < 4.78 is 0. The van der Waals surface area contributed by atoms with Gasteiger partial charge in [0.1, 0.15) is 0 Å². The van der Waals surface area contributed by atoms with Gasteiger partial charge in [0.15, 0.2) is 0 Å². The van der Waals surface area contributed by atoms with Crippen LogP contribution in [0.5, 0.6) is 0 Å². The smallest absolute Gasteiger partial charge is 0.239 e. The van der Waals surface area contributed by atoms with Crippen molar-refractivity contribution in [1.29, 1.82) is 0 Å². The highest BCUT2D eigenvalue weighted by Crippen LogP contribution is 2.22. The lowest BCUT2D eigenvalue weighted by atomic mass is 10.3. The van der Waals surface area contributed by atoms with Crippen molar-refractivity contribution >= 4 is 23.2 Å². The first-order valence-electron chi connectivity index (χ1n) is 4.20. The summed E-state index contributed by atoms with van der Waals surface area (Å²) in [5.74, 6) is -0.0875. The molecule has 0 aromatic carbocycles. The second kappa shape index (κ2) is 4.81. The maximum Gasteiger partial charge on any atom is 0.239 e. The molecule has 0 aliphatic heterocycles. The number of aryl methyl sites for hydroxylation is 1. The first-order valence-corrected chi connectivity index (χ1v) is 4.58. The van der Waals surface area contributed by atoms with Gasteiger partial charge in [-0.2, -0.15) is 0 Å². The van der Waals surface area contributed by atoms with E-state index in [0.717, 1.165) is 11.4 Å². The maximum atomic E-state index is 10.9. The van der Waals surface area contributed by atoms with E-state index in [1.165, 1.54) is 0 Å². The molecule has 0 unspecified atom stereocenters. The Kier molecular flexibility index (Phi) is 3.71. The average Bonchev–Trinajstić information content (AvgIpc) is 2.20. The Morgan fingerprint density at radius 2 is 2.36 bits per heavy atom. The molecule has 0 saturated carbocycles. The van der Waals surface area contributed by atoms with Crippen LogP contribution in [0.3, 0.4) is 0 Å². The Morgan fingerprint density at radius 3 is 3.00 bits per heavy atom. The van der Waals surface area contributed by atoms with E-state index in [9.17, 15) is 4.79 Å². The third-order valence-electron chi connectivity index (χ3n) is 1.78. The van der Waals surface area contributed by atoms with Crippen molar-refractivity contribution in [2.24, 2.45) is 0 Å². The van der Waals surface area contributed by atoms with Crippen molar-refractivity contribution in [3.8, 4) is 0 Å². The number of hydrogen-bond acceptors (Lipinski definition) is 3.